The van der Waals surface area contributed by atoms with Gasteiger partial charge in [0, 0.05) is 10.9 Å². The van der Waals surface area contributed by atoms with E-state index < -0.39 is 9.84 Å². The largest absolute Gasteiger partial charge is 0.224 e. The van der Waals surface area contributed by atoms with E-state index in [1.165, 1.54) is 0 Å². The fourth-order valence-electron chi connectivity index (χ4n) is 1.12. The Morgan fingerprint density at radius 3 is 2.40 bits per heavy atom. The molecule has 1 rings (SSSR count). The van der Waals surface area contributed by atoms with Crippen molar-refractivity contribution in [1.29, 1.82) is 0 Å². The van der Waals surface area contributed by atoms with Crippen molar-refractivity contribution >= 4 is 25.8 Å². The molecule has 0 fully saturated rings. The first-order valence-electron chi connectivity index (χ1n) is 4.48. The molecule has 0 radical (unpaired) electrons. The minimum Gasteiger partial charge on any atom is -0.224 e. The first-order chi connectivity index (χ1) is 7.06. The van der Waals surface area contributed by atoms with E-state index in [9.17, 15) is 8.42 Å². The molecule has 1 aromatic carbocycles. The molecule has 0 atom stereocenters. The highest BCUT2D eigenvalue weighted by Gasteiger charge is 2.12. The molecule has 0 N–H and O–H groups in total. The minimum atomic E-state index is -3.17. The maximum atomic E-state index is 11.7. The van der Waals surface area contributed by atoms with E-state index in [1.807, 2.05) is 0 Å². The Kier molecular flexibility index (Phi) is 4.37. The number of unbranched alkanes of at least 4 members (excludes halogenated alkanes) is 1. The van der Waals surface area contributed by atoms with Gasteiger partial charge in [0.1, 0.15) is 0 Å². The number of rotatable bonds is 4. The van der Waals surface area contributed by atoms with Crippen molar-refractivity contribution in [3.63, 3.8) is 0 Å². The van der Waals surface area contributed by atoms with Gasteiger partial charge in [0.15, 0.2) is 9.84 Å². The van der Waals surface area contributed by atoms with Crippen LogP contribution in [0, 0.1) is 12.3 Å². The highest BCUT2D eigenvalue weighted by atomic mass is 79.9. The van der Waals surface area contributed by atoms with Crippen molar-refractivity contribution in [3.05, 3.63) is 28.7 Å². The summed E-state index contributed by atoms with van der Waals surface area (Å²) in [6.45, 7) is 0. The fourth-order valence-corrected chi connectivity index (χ4v) is 2.70. The number of halogens is 1. The van der Waals surface area contributed by atoms with Crippen LogP contribution in [-0.4, -0.2) is 14.2 Å². The van der Waals surface area contributed by atoms with Crippen LogP contribution in [0.1, 0.15) is 12.8 Å². The van der Waals surface area contributed by atoms with E-state index in [-0.39, 0.29) is 5.75 Å². The molecule has 0 spiro atoms. The smallest absolute Gasteiger partial charge is 0.178 e. The van der Waals surface area contributed by atoms with Gasteiger partial charge in [-0.3, -0.25) is 0 Å². The first-order valence-corrected chi connectivity index (χ1v) is 6.92. The lowest BCUT2D eigenvalue weighted by Gasteiger charge is -2.02. The Bertz CT molecular complexity index is 454. The molecule has 0 saturated heterocycles. The molecule has 0 unspecified atom stereocenters. The van der Waals surface area contributed by atoms with Crippen LogP contribution in [-0.2, 0) is 9.84 Å². The zero-order valence-corrected chi connectivity index (χ0v) is 10.5. The van der Waals surface area contributed by atoms with E-state index in [0.29, 0.717) is 17.7 Å². The molecular weight excluding hydrogens is 276 g/mol. The average Bonchev–Trinajstić information content (AvgIpc) is 2.18. The quantitative estimate of drug-likeness (QED) is 0.630. The normalized spacial score (nSPS) is 10.9. The Balaban J connectivity index is 2.79. The summed E-state index contributed by atoms with van der Waals surface area (Å²) in [5.74, 6) is 2.54. The molecule has 0 saturated carbocycles. The lowest BCUT2D eigenvalue weighted by molar-refractivity contribution is 0.594. The molecular formula is C11H11BrO2S. The number of hydrogen-bond acceptors (Lipinski definition) is 2. The van der Waals surface area contributed by atoms with Crippen molar-refractivity contribution in [1.82, 2.24) is 0 Å². The van der Waals surface area contributed by atoms with Crippen molar-refractivity contribution in [2.75, 3.05) is 5.75 Å². The highest BCUT2D eigenvalue weighted by molar-refractivity contribution is 9.10. The lowest BCUT2D eigenvalue weighted by atomic mass is 10.4. The van der Waals surface area contributed by atoms with Crippen molar-refractivity contribution in [2.24, 2.45) is 0 Å². The zero-order valence-electron chi connectivity index (χ0n) is 8.11. The fraction of sp³-hybridized carbons (Fsp3) is 0.273. The molecule has 0 aliphatic rings. The van der Waals surface area contributed by atoms with Crippen LogP contribution in [0.4, 0.5) is 0 Å². The van der Waals surface area contributed by atoms with Gasteiger partial charge in [-0.2, -0.15) is 0 Å². The Hall–Kier alpha value is -0.790. The van der Waals surface area contributed by atoms with Crippen LogP contribution in [0.2, 0.25) is 0 Å². The van der Waals surface area contributed by atoms with Crippen LogP contribution in [0.15, 0.2) is 33.6 Å². The monoisotopic (exact) mass is 286 g/mol. The van der Waals surface area contributed by atoms with E-state index in [0.717, 1.165) is 4.47 Å². The number of benzene rings is 1. The van der Waals surface area contributed by atoms with E-state index in [4.69, 9.17) is 6.42 Å². The van der Waals surface area contributed by atoms with Gasteiger partial charge in [0.25, 0.3) is 0 Å². The van der Waals surface area contributed by atoms with Gasteiger partial charge in [-0.1, -0.05) is 15.9 Å². The third-order valence-electron chi connectivity index (χ3n) is 1.91. The van der Waals surface area contributed by atoms with E-state index >= 15 is 0 Å². The predicted octanol–water partition coefficient (Wildman–Crippen LogP) is 2.64. The van der Waals surface area contributed by atoms with Gasteiger partial charge in [-0.15, -0.1) is 12.3 Å². The van der Waals surface area contributed by atoms with Crippen molar-refractivity contribution < 1.29 is 8.42 Å². The van der Waals surface area contributed by atoms with E-state index in [2.05, 4.69) is 21.9 Å². The van der Waals surface area contributed by atoms with Crippen LogP contribution in [0.5, 0.6) is 0 Å². The van der Waals surface area contributed by atoms with Crippen LogP contribution >= 0.6 is 15.9 Å². The van der Waals surface area contributed by atoms with E-state index in [1.54, 1.807) is 24.3 Å². The molecule has 4 heteroatoms. The van der Waals surface area contributed by atoms with Gasteiger partial charge < -0.3 is 0 Å². The summed E-state index contributed by atoms with van der Waals surface area (Å²) >= 11 is 3.25. The summed E-state index contributed by atoms with van der Waals surface area (Å²) in [5, 5.41) is 0. The van der Waals surface area contributed by atoms with Crippen LogP contribution in [0.3, 0.4) is 0 Å². The topological polar surface area (TPSA) is 34.1 Å². The second-order valence-corrected chi connectivity index (χ2v) is 6.11. The second-order valence-electron chi connectivity index (χ2n) is 3.08. The van der Waals surface area contributed by atoms with Gasteiger partial charge >= 0.3 is 0 Å². The zero-order chi connectivity index (χ0) is 11.3. The summed E-state index contributed by atoms with van der Waals surface area (Å²) in [6.07, 6.45) is 6.07. The molecule has 2 nitrogen and oxygen atoms in total. The average molecular weight is 287 g/mol. The molecule has 0 aliphatic carbocycles. The molecule has 15 heavy (non-hydrogen) atoms. The van der Waals surface area contributed by atoms with Gasteiger partial charge in [0.05, 0.1) is 10.6 Å². The van der Waals surface area contributed by atoms with Gasteiger partial charge in [-0.05, 0) is 30.7 Å². The maximum absolute atomic E-state index is 11.7. The summed E-state index contributed by atoms with van der Waals surface area (Å²) in [6, 6.07) is 6.62. The molecule has 0 aliphatic heterocycles. The summed E-state index contributed by atoms with van der Waals surface area (Å²) < 4.78 is 24.3. The Labute approximate surface area is 98.7 Å². The van der Waals surface area contributed by atoms with Crippen LogP contribution in [0.25, 0.3) is 0 Å². The Morgan fingerprint density at radius 2 is 1.87 bits per heavy atom. The summed E-state index contributed by atoms with van der Waals surface area (Å²) in [7, 11) is -3.17. The number of terminal acetylenes is 1. The lowest BCUT2D eigenvalue weighted by Crippen LogP contribution is -2.06. The third-order valence-corrected chi connectivity index (χ3v) is 4.25. The van der Waals surface area contributed by atoms with Crippen molar-refractivity contribution in [3.8, 4) is 12.3 Å². The number of sulfone groups is 1. The van der Waals surface area contributed by atoms with Gasteiger partial charge in [-0.25, -0.2) is 8.42 Å². The highest BCUT2D eigenvalue weighted by Crippen LogP contribution is 2.16. The maximum Gasteiger partial charge on any atom is 0.178 e. The molecule has 0 bridgehead atoms. The van der Waals surface area contributed by atoms with Crippen LogP contribution < -0.4 is 0 Å². The molecule has 0 aromatic heterocycles. The SMILES string of the molecule is C#CCCCS(=O)(=O)c1ccc(Br)cc1. The standard InChI is InChI=1S/C11H11BrO2S/c1-2-3-4-9-15(13,14)11-7-5-10(12)6-8-11/h1,5-8H,3-4,9H2. The third kappa shape index (κ3) is 3.69. The van der Waals surface area contributed by atoms with Crippen molar-refractivity contribution in [2.45, 2.75) is 17.7 Å². The van der Waals surface area contributed by atoms with Gasteiger partial charge in [0.2, 0.25) is 0 Å². The molecule has 1 aromatic rings. The molecule has 0 amide bonds. The first kappa shape index (κ1) is 12.3. The predicted molar refractivity (Wildman–Crippen MR) is 64.3 cm³/mol. The number of hydrogen-bond donors (Lipinski definition) is 0. The minimum absolute atomic E-state index is 0.110. The summed E-state index contributed by atoms with van der Waals surface area (Å²) in [4.78, 5) is 0.350. The second kappa shape index (κ2) is 5.34. The Morgan fingerprint density at radius 1 is 1.27 bits per heavy atom. The molecule has 0 heterocycles. The summed E-state index contributed by atoms with van der Waals surface area (Å²) in [5.41, 5.74) is 0. The molecule has 80 valence electrons.